The molecule has 0 spiro atoms. The van der Waals surface area contributed by atoms with Crippen molar-refractivity contribution in [3.05, 3.63) is 99.7 Å². The fourth-order valence-electron chi connectivity index (χ4n) is 4.58. The lowest BCUT2D eigenvalue weighted by Gasteiger charge is -2.21. The van der Waals surface area contributed by atoms with Gasteiger partial charge in [0.15, 0.2) is 28.8 Å². The Morgan fingerprint density at radius 2 is 1.78 bits per heavy atom. The number of hydrogen-bond donors (Lipinski definition) is 0. The number of esters is 1. The number of rotatable bonds is 10. The van der Waals surface area contributed by atoms with Crippen LogP contribution in [-0.4, -0.2) is 26.7 Å². The molecule has 216 valence electrons. The maximum Gasteiger partial charge on any atom is 0.306 e. The monoisotopic (exact) mass is 586 g/mol. The molecular weight excluding hydrogens is 557 g/mol. The van der Waals surface area contributed by atoms with Gasteiger partial charge in [-0.2, -0.15) is 0 Å². The van der Waals surface area contributed by atoms with E-state index in [1.165, 1.54) is 18.2 Å². The molecule has 0 aliphatic carbocycles. The van der Waals surface area contributed by atoms with Crippen LogP contribution in [0.15, 0.2) is 54.7 Å². The van der Waals surface area contributed by atoms with Gasteiger partial charge in [0.05, 0.1) is 10.7 Å². The zero-order valence-electron chi connectivity index (χ0n) is 23.1. The van der Waals surface area contributed by atoms with Gasteiger partial charge in [-0.1, -0.05) is 23.7 Å². The van der Waals surface area contributed by atoms with Gasteiger partial charge in [-0.15, -0.1) is 0 Å². The summed E-state index contributed by atoms with van der Waals surface area (Å²) >= 11 is 6.12. The average Bonchev–Trinajstić information content (AvgIpc) is 3.23. The molecule has 41 heavy (non-hydrogen) atoms. The summed E-state index contributed by atoms with van der Waals surface area (Å²) in [5.74, 6) is -3.61. The Kier molecular flexibility index (Phi) is 9.07. The van der Waals surface area contributed by atoms with Crippen molar-refractivity contribution in [2.24, 2.45) is 0 Å². The minimum absolute atomic E-state index is 0.0169. The predicted molar refractivity (Wildman–Crippen MR) is 149 cm³/mol. The number of Topliss-reactive ketones (excluding diaryl/α,β-unsaturated/α-hetero) is 1. The quantitative estimate of drug-likeness (QED) is 0.140. The maximum absolute atomic E-state index is 14.2. The van der Waals surface area contributed by atoms with Gasteiger partial charge in [0.1, 0.15) is 23.7 Å². The molecule has 0 N–H and O–H groups in total. The maximum atomic E-state index is 14.2. The van der Waals surface area contributed by atoms with E-state index in [9.17, 15) is 22.8 Å². The Labute approximate surface area is 241 Å². The number of pyridine rings is 1. The molecule has 0 radical (unpaired) electrons. The third-order valence-electron chi connectivity index (χ3n) is 6.45. The van der Waals surface area contributed by atoms with Crippen molar-refractivity contribution in [2.45, 2.75) is 65.1 Å². The van der Waals surface area contributed by atoms with Gasteiger partial charge in [-0.25, -0.2) is 18.2 Å². The second kappa shape index (κ2) is 12.3. The van der Waals surface area contributed by atoms with Crippen molar-refractivity contribution in [3.8, 4) is 5.75 Å². The summed E-state index contributed by atoms with van der Waals surface area (Å²) in [5, 5.41) is 0.224. The molecule has 0 saturated heterocycles. The zero-order chi connectivity index (χ0) is 29.9. The van der Waals surface area contributed by atoms with Crippen LogP contribution in [0.1, 0.15) is 73.3 Å². The first-order chi connectivity index (χ1) is 19.3. The largest absolute Gasteiger partial charge is 0.485 e. The molecule has 2 heterocycles. The first kappa shape index (κ1) is 30.1. The third-order valence-corrected chi connectivity index (χ3v) is 6.80. The van der Waals surface area contributed by atoms with Gasteiger partial charge in [-0.3, -0.25) is 14.0 Å². The summed E-state index contributed by atoms with van der Waals surface area (Å²) in [5.41, 5.74) is 0.938. The van der Waals surface area contributed by atoms with Crippen LogP contribution < -0.4 is 4.74 Å². The summed E-state index contributed by atoms with van der Waals surface area (Å²) in [7, 11) is 0. The smallest absolute Gasteiger partial charge is 0.306 e. The highest BCUT2D eigenvalue weighted by Crippen LogP contribution is 2.31. The van der Waals surface area contributed by atoms with Crippen LogP contribution in [-0.2, 0) is 16.1 Å². The topological polar surface area (TPSA) is 69.9 Å². The number of imidazole rings is 1. The molecule has 1 atom stereocenters. The van der Waals surface area contributed by atoms with Gasteiger partial charge in [0, 0.05) is 24.6 Å². The summed E-state index contributed by atoms with van der Waals surface area (Å²) in [6.45, 7) is 6.77. The van der Waals surface area contributed by atoms with Crippen molar-refractivity contribution in [2.75, 3.05) is 0 Å². The first-order valence-corrected chi connectivity index (χ1v) is 13.4. The third kappa shape index (κ3) is 7.27. The number of carbonyl (C=O) groups excluding carboxylic acids is 2. The van der Waals surface area contributed by atoms with E-state index >= 15 is 0 Å². The van der Waals surface area contributed by atoms with Crippen molar-refractivity contribution >= 4 is 29.0 Å². The predicted octanol–water partition coefficient (Wildman–Crippen LogP) is 7.77. The number of aromatic nitrogens is 2. The number of nitrogens with zero attached hydrogens (tertiary/aromatic N) is 2. The fourth-order valence-corrected chi connectivity index (χ4v) is 4.80. The molecule has 2 aromatic carbocycles. The summed E-state index contributed by atoms with van der Waals surface area (Å²) in [6.07, 6.45) is 1.72. The molecule has 6 nitrogen and oxygen atoms in total. The molecule has 0 amide bonds. The van der Waals surface area contributed by atoms with Gasteiger partial charge < -0.3 is 9.47 Å². The van der Waals surface area contributed by atoms with Crippen LogP contribution in [0.25, 0.3) is 5.65 Å². The average molecular weight is 587 g/mol. The summed E-state index contributed by atoms with van der Waals surface area (Å²) < 4.78 is 54.8. The number of benzene rings is 2. The highest BCUT2D eigenvalue weighted by Gasteiger charge is 2.26. The van der Waals surface area contributed by atoms with E-state index < -0.39 is 34.9 Å². The molecule has 0 aliphatic rings. The summed E-state index contributed by atoms with van der Waals surface area (Å²) in [4.78, 5) is 30.6. The summed E-state index contributed by atoms with van der Waals surface area (Å²) in [6, 6.07) is 11.1. The van der Waals surface area contributed by atoms with Crippen LogP contribution in [0.5, 0.6) is 5.75 Å². The van der Waals surface area contributed by atoms with Crippen LogP contribution >= 0.6 is 11.6 Å². The number of ketones is 1. The van der Waals surface area contributed by atoms with Crippen LogP contribution in [0.2, 0.25) is 5.02 Å². The molecule has 4 aromatic rings. The van der Waals surface area contributed by atoms with Gasteiger partial charge in [-0.05, 0) is 82.0 Å². The zero-order valence-corrected chi connectivity index (χ0v) is 23.9. The Hall–Kier alpha value is -3.85. The van der Waals surface area contributed by atoms with Gasteiger partial charge >= 0.3 is 5.97 Å². The van der Waals surface area contributed by atoms with Gasteiger partial charge in [0.2, 0.25) is 0 Å². The molecule has 0 aliphatic heterocycles. The molecule has 0 saturated carbocycles. The molecule has 10 heteroatoms. The van der Waals surface area contributed by atoms with Crippen LogP contribution in [0.4, 0.5) is 13.2 Å². The number of aryl methyl sites for hydroxylation is 1. The van der Waals surface area contributed by atoms with Crippen molar-refractivity contribution in [3.63, 3.8) is 0 Å². The highest BCUT2D eigenvalue weighted by atomic mass is 35.5. The molecule has 1 unspecified atom stereocenters. The molecular formula is C31H30ClF3N2O4. The van der Waals surface area contributed by atoms with Gasteiger partial charge in [0.25, 0.3) is 0 Å². The standard InChI is InChI=1S/C31H30ClF3N2O4/c1-18-29(37-14-6-9-27(30(37)36-18)40-17-21-22(32)7-5-8-23(21)33)26(38)16-20(11-13-28(39)41-31(2,3)4)19-10-12-24(34)25(35)15-19/h5-10,12,14-15,20H,11,13,16-17H2,1-4H3. The Balaban J connectivity index is 1.60. The van der Waals surface area contributed by atoms with Crippen molar-refractivity contribution in [1.82, 2.24) is 9.38 Å². The Morgan fingerprint density at radius 1 is 1.02 bits per heavy atom. The van der Waals surface area contributed by atoms with Crippen LogP contribution in [0.3, 0.4) is 0 Å². The minimum atomic E-state index is -1.04. The lowest BCUT2D eigenvalue weighted by Crippen LogP contribution is -2.24. The molecule has 4 rings (SSSR count). The lowest BCUT2D eigenvalue weighted by atomic mass is 9.88. The lowest BCUT2D eigenvalue weighted by molar-refractivity contribution is -0.155. The normalized spacial score (nSPS) is 12.4. The van der Waals surface area contributed by atoms with E-state index in [1.807, 2.05) is 0 Å². The number of hydrogen-bond acceptors (Lipinski definition) is 5. The second-order valence-electron chi connectivity index (χ2n) is 10.7. The fraction of sp³-hybridized carbons (Fsp3) is 0.323. The number of fused-ring (bicyclic) bond motifs is 1. The minimum Gasteiger partial charge on any atom is -0.485 e. The van der Waals surface area contributed by atoms with Crippen LogP contribution in [0, 0.1) is 24.4 Å². The van der Waals surface area contributed by atoms with E-state index in [1.54, 1.807) is 56.5 Å². The number of carbonyl (C=O) groups is 2. The highest BCUT2D eigenvalue weighted by molar-refractivity contribution is 6.31. The molecule has 0 bridgehead atoms. The number of ether oxygens (including phenoxy) is 2. The first-order valence-electron chi connectivity index (χ1n) is 13.1. The molecule has 0 fully saturated rings. The van der Waals surface area contributed by atoms with Crippen molar-refractivity contribution < 1.29 is 32.2 Å². The van der Waals surface area contributed by atoms with E-state index in [-0.39, 0.29) is 47.9 Å². The molecule has 2 aromatic heterocycles. The Bertz CT molecular complexity index is 1580. The van der Waals surface area contributed by atoms with E-state index in [2.05, 4.69) is 4.98 Å². The second-order valence-corrected chi connectivity index (χ2v) is 11.1. The van der Waals surface area contributed by atoms with E-state index in [0.717, 1.165) is 12.1 Å². The SMILES string of the molecule is Cc1nc2c(OCc3c(F)cccc3Cl)cccn2c1C(=O)CC(CCC(=O)OC(C)(C)C)c1ccc(F)c(F)c1. The van der Waals surface area contributed by atoms with Crippen molar-refractivity contribution in [1.29, 1.82) is 0 Å². The Morgan fingerprint density at radius 3 is 2.46 bits per heavy atom. The van der Waals surface area contributed by atoms with E-state index in [0.29, 0.717) is 22.7 Å². The van der Waals surface area contributed by atoms with E-state index in [4.69, 9.17) is 21.1 Å². The number of halogens is 4.